The van der Waals surface area contributed by atoms with Crippen LogP contribution in [-0.4, -0.2) is 47.4 Å². The zero-order valence-corrected chi connectivity index (χ0v) is 19.2. The molecular weight excluding hydrogens is 471 g/mol. The number of likely N-dealkylation sites (tertiary alicyclic amines) is 1. The van der Waals surface area contributed by atoms with Crippen LogP contribution in [0.1, 0.15) is 43.7 Å². The molecule has 0 aromatic heterocycles. The predicted molar refractivity (Wildman–Crippen MR) is 125 cm³/mol. The number of nitrogens with zero attached hydrogens (tertiary/aromatic N) is 2. The highest BCUT2D eigenvalue weighted by atomic mass is 127. The summed E-state index contributed by atoms with van der Waals surface area (Å²) < 4.78 is 0. The molecule has 2 saturated heterocycles. The molecule has 1 unspecified atom stereocenters. The molecule has 0 aliphatic carbocycles. The van der Waals surface area contributed by atoms with Crippen molar-refractivity contribution in [1.82, 2.24) is 15.5 Å². The van der Waals surface area contributed by atoms with Gasteiger partial charge < -0.3 is 15.5 Å². The van der Waals surface area contributed by atoms with E-state index in [1.807, 2.05) is 16.7 Å². The zero-order chi connectivity index (χ0) is 18.2. The summed E-state index contributed by atoms with van der Waals surface area (Å²) in [7, 11) is 0. The topological polar surface area (TPSA) is 56.7 Å². The molecule has 2 aliphatic heterocycles. The smallest absolute Gasteiger partial charge is 0.222 e. The van der Waals surface area contributed by atoms with Gasteiger partial charge in [-0.3, -0.25) is 4.79 Å². The van der Waals surface area contributed by atoms with Crippen LogP contribution in [0.15, 0.2) is 29.3 Å². The Kier molecular flexibility index (Phi) is 9.75. The zero-order valence-electron chi connectivity index (χ0n) is 16.1. The molecule has 5 nitrogen and oxygen atoms in total. The molecule has 0 bridgehead atoms. The molecule has 0 radical (unpaired) electrons. The normalized spacial score (nSPS) is 20.3. The second kappa shape index (κ2) is 11.8. The first-order valence-electron chi connectivity index (χ1n) is 9.73. The molecule has 1 amide bonds. The van der Waals surface area contributed by atoms with Gasteiger partial charge in [-0.1, -0.05) is 24.3 Å². The summed E-state index contributed by atoms with van der Waals surface area (Å²) in [6, 6.07) is 8.97. The molecule has 2 heterocycles. The molecular formula is C20H31IN4OS. The minimum atomic E-state index is 0. The van der Waals surface area contributed by atoms with E-state index in [2.05, 4.69) is 41.8 Å². The average molecular weight is 502 g/mol. The molecule has 2 fully saturated rings. The number of aliphatic imine (C=N–C) groups is 1. The van der Waals surface area contributed by atoms with Crippen molar-refractivity contribution in [2.24, 2.45) is 4.99 Å². The SMILES string of the molecule is CCNC(=NCc1cccc(CN2CCCC2=O)c1)NC1CCCSC1.I. The van der Waals surface area contributed by atoms with Crippen LogP contribution in [-0.2, 0) is 17.9 Å². The summed E-state index contributed by atoms with van der Waals surface area (Å²) in [5, 5.41) is 6.93. The summed E-state index contributed by atoms with van der Waals surface area (Å²) in [5.41, 5.74) is 2.37. The van der Waals surface area contributed by atoms with Crippen molar-refractivity contribution >= 4 is 47.6 Å². The number of hydrogen-bond donors (Lipinski definition) is 2. The van der Waals surface area contributed by atoms with Gasteiger partial charge >= 0.3 is 0 Å². The third-order valence-electron chi connectivity index (χ3n) is 4.80. The first kappa shape index (κ1) is 22.3. The van der Waals surface area contributed by atoms with Crippen molar-refractivity contribution in [2.45, 2.75) is 51.7 Å². The number of guanidine groups is 1. The van der Waals surface area contributed by atoms with E-state index in [4.69, 9.17) is 4.99 Å². The summed E-state index contributed by atoms with van der Waals surface area (Å²) in [4.78, 5) is 18.5. The number of rotatable bonds is 6. The molecule has 1 atom stereocenters. The van der Waals surface area contributed by atoms with Crippen molar-refractivity contribution in [3.63, 3.8) is 0 Å². The molecule has 3 rings (SSSR count). The van der Waals surface area contributed by atoms with Crippen LogP contribution in [0.2, 0.25) is 0 Å². The van der Waals surface area contributed by atoms with Crippen molar-refractivity contribution in [3.8, 4) is 0 Å². The molecule has 1 aromatic carbocycles. The Hall–Kier alpha value is -0.960. The maximum absolute atomic E-state index is 11.8. The molecule has 2 aliphatic rings. The molecule has 2 N–H and O–H groups in total. The molecule has 27 heavy (non-hydrogen) atoms. The Bertz CT molecular complexity index is 634. The van der Waals surface area contributed by atoms with Crippen LogP contribution in [0.5, 0.6) is 0 Å². The first-order valence-corrected chi connectivity index (χ1v) is 10.9. The van der Waals surface area contributed by atoms with E-state index in [0.717, 1.165) is 31.2 Å². The summed E-state index contributed by atoms with van der Waals surface area (Å²) in [6.45, 7) is 5.21. The third kappa shape index (κ3) is 7.18. The van der Waals surface area contributed by atoms with E-state index in [1.54, 1.807) is 0 Å². The van der Waals surface area contributed by atoms with Gasteiger partial charge in [0.1, 0.15) is 0 Å². The lowest BCUT2D eigenvalue weighted by molar-refractivity contribution is -0.128. The molecule has 7 heteroatoms. The van der Waals surface area contributed by atoms with Crippen molar-refractivity contribution in [2.75, 3.05) is 24.6 Å². The molecule has 0 saturated carbocycles. The minimum Gasteiger partial charge on any atom is -0.357 e. The molecule has 150 valence electrons. The van der Waals surface area contributed by atoms with Gasteiger partial charge in [0.05, 0.1) is 6.54 Å². The van der Waals surface area contributed by atoms with Gasteiger partial charge in [0, 0.05) is 37.8 Å². The van der Waals surface area contributed by atoms with Crippen LogP contribution in [0.4, 0.5) is 0 Å². The highest BCUT2D eigenvalue weighted by molar-refractivity contribution is 14.0. The minimum absolute atomic E-state index is 0. The second-order valence-corrected chi connectivity index (χ2v) is 8.14. The standard InChI is InChI=1S/C20H30N4OS.HI/c1-2-21-20(23-18-8-5-11-26-15-18)22-13-16-6-3-7-17(12-16)14-24-10-4-9-19(24)25;/h3,6-7,12,18H,2,4-5,8-11,13-15H2,1H3,(H2,21,22,23);1H. The average Bonchev–Trinajstić information content (AvgIpc) is 3.06. The number of benzene rings is 1. The fraction of sp³-hybridized carbons (Fsp3) is 0.600. The second-order valence-electron chi connectivity index (χ2n) is 6.99. The largest absolute Gasteiger partial charge is 0.357 e. The number of hydrogen-bond acceptors (Lipinski definition) is 3. The number of halogens is 1. The number of nitrogens with one attached hydrogen (secondary N) is 2. The van der Waals surface area contributed by atoms with Crippen LogP contribution in [0.3, 0.4) is 0 Å². The Morgan fingerprint density at radius 2 is 2.19 bits per heavy atom. The molecule has 1 aromatic rings. The summed E-state index contributed by atoms with van der Waals surface area (Å²) >= 11 is 2.02. The van der Waals surface area contributed by atoms with Crippen molar-refractivity contribution in [3.05, 3.63) is 35.4 Å². The summed E-state index contributed by atoms with van der Waals surface area (Å²) in [6.07, 6.45) is 4.18. The van der Waals surface area contributed by atoms with Gasteiger partial charge in [0.2, 0.25) is 5.91 Å². The van der Waals surface area contributed by atoms with Gasteiger partial charge in [-0.15, -0.1) is 24.0 Å². The fourth-order valence-corrected chi connectivity index (χ4v) is 4.53. The fourth-order valence-electron chi connectivity index (χ4n) is 3.46. The lowest BCUT2D eigenvalue weighted by Gasteiger charge is -2.24. The monoisotopic (exact) mass is 502 g/mol. The van der Waals surface area contributed by atoms with E-state index < -0.39 is 0 Å². The number of carbonyl (C=O) groups excluding carboxylic acids is 1. The van der Waals surface area contributed by atoms with Crippen LogP contribution in [0.25, 0.3) is 0 Å². The van der Waals surface area contributed by atoms with E-state index in [0.29, 0.717) is 25.6 Å². The van der Waals surface area contributed by atoms with Crippen LogP contribution in [0, 0.1) is 0 Å². The van der Waals surface area contributed by atoms with Gasteiger partial charge in [-0.25, -0.2) is 4.99 Å². The van der Waals surface area contributed by atoms with E-state index in [-0.39, 0.29) is 29.9 Å². The Labute approximate surface area is 184 Å². The maximum Gasteiger partial charge on any atom is 0.222 e. The van der Waals surface area contributed by atoms with Gasteiger partial charge in [0.25, 0.3) is 0 Å². The highest BCUT2D eigenvalue weighted by Gasteiger charge is 2.20. The molecule has 0 spiro atoms. The Morgan fingerprint density at radius 1 is 1.33 bits per heavy atom. The van der Waals surface area contributed by atoms with Gasteiger partial charge in [-0.05, 0) is 43.1 Å². The van der Waals surface area contributed by atoms with Gasteiger partial charge in [-0.2, -0.15) is 11.8 Å². The summed E-state index contributed by atoms with van der Waals surface area (Å²) in [5.74, 6) is 3.61. The quantitative estimate of drug-likeness (QED) is 0.356. The third-order valence-corrected chi connectivity index (χ3v) is 6.02. The first-order chi connectivity index (χ1) is 12.7. The van der Waals surface area contributed by atoms with Crippen LogP contribution < -0.4 is 10.6 Å². The van der Waals surface area contributed by atoms with E-state index in [1.165, 1.54) is 29.7 Å². The van der Waals surface area contributed by atoms with Crippen LogP contribution >= 0.6 is 35.7 Å². The van der Waals surface area contributed by atoms with E-state index >= 15 is 0 Å². The lowest BCUT2D eigenvalue weighted by atomic mass is 10.1. The predicted octanol–water partition coefficient (Wildman–Crippen LogP) is 3.38. The lowest BCUT2D eigenvalue weighted by Crippen LogP contribution is -2.45. The Morgan fingerprint density at radius 3 is 2.89 bits per heavy atom. The Balaban J connectivity index is 0.00000261. The van der Waals surface area contributed by atoms with E-state index in [9.17, 15) is 4.79 Å². The maximum atomic E-state index is 11.8. The van der Waals surface area contributed by atoms with Crippen molar-refractivity contribution < 1.29 is 4.79 Å². The number of carbonyl (C=O) groups is 1. The highest BCUT2D eigenvalue weighted by Crippen LogP contribution is 2.17. The number of amides is 1. The van der Waals surface area contributed by atoms with Gasteiger partial charge in [0.15, 0.2) is 5.96 Å². The van der Waals surface area contributed by atoms with Crippen molar-refractivity contribution in [1.29, 1.82) is 0 Å². The number of thioether (sulfide) groups is 1.